The molecule has 1 aliphatic heterocycles. The molecule has 0 saturated carbocycles. The van der Waals surface area contributed by atoms with E-state index in [2.05, 4.69) is 4.72 Å². The molecule has 5 nitrogen and oxygen atoms in total. The predicted octanol–water partition coefficient (Wildman–Crippen LogP) is 2.92. The van der Waals surface area contributed by atoms with Crippen molar-refractivity contribution in [1.29, 1.82) is 0 Å². The summed E-state index contributed by atoms with van der Waals surface area (Å²) in [5.41, 5.74) is 0. The molecular weight excluding hydrogens is 359 g/mol. The van der Waals surface area contributed by atoms with E-state index >= 15 is 0 Å². The Hall–Kier alpha value is -0.820. The third-order valence-electron chi connectivity index (χ3n) is 3.83. The number of nitrogens with one attached hydrogen (secondary N) is 1. The molecule has 128 valence electrons. The Bertz CT molecular complexity index is 686. The molecule has 0 spiro atoms. The van der Waals surface area contributed by atoms with Crippen LogP contribution >= 0.6 is 23.2 Å². The first-order valence-corrected chi connectivity index (χ1v) is 9.72. The van der Waals surface area contributed by atoms with Crippen molar-refractivity contribution in [3.05, 3.63) is 28.2 Å². The lowest BCUT2D eigenvalue weighted by molar-refractivity contribution is -0.132. The molecule has 2 rings (SSSR count). The maximum Gasteiger partial charge on any atom is 0.241 e. The van der Waals surface area contributed by atoms with Crippen LogP contribution in [0.4, 0.5) is 0 Å². The Labute approximate surface area is 147 Å². The third-order valence-corrected chi connectivity index (χ3v) is 6.01. The Balaban J connectivity index is 2.24. The van der Waals surface area contributed by atoms with Crippen molar-refractivity contribution in [3.63, 3.8) is 0 Å². The van der Waals surface area contributed by atoms with Crippen LogP contribution in [0.2, 0.25) is 10.0 Å². The molecule has 8 heteroatoms. The van der Waals surface area contributed by atoms with E-state index in [1.807, 2.05) is 13.8 Å². The van der Waals surface area contributed by atoms with Crippen LogP contribution in [0.5, 0.6) is 0 Å². The average Bonchev–Trinajstić information content (AvgIpc) is 3.01. The number of likely N-dealkylation sites (tertiary alicyclic amines) is 1. The second kappa shape index (κ2) is 7.38. The number of nitrogens with zero attached hydrogens (tertiary/aromatic N) is 1. The summed E-state index contributed by atoms with van der Waals surface area (Å²) in [7, 11) is -3.86. The highest BCUT2D eigenvalue weighted by molar-refractivity contribution is 7.89. The SMILES string of the molecule is CC(C)[C@H](NS(=O)(=O)c1ccc(Cl)c(Cl)c1)C(=O)N1CCCC1. The molecule has 0 unspecified atom stereocenters. The number of sulfonamides is 1. The van der Waals surface area contributed by atoms with Crippen molar-refractivity contribution in [2.75, 3.05) is 13.1 Å². The van der Waals surface area contributed by atoms with Crippen molar-refractivity contribution < 1.29 is 13.2 Å². The zero-order valence-corrected chi connectivity index (χ0v) is 15.4. The third kappa shape index (κ3) is 4.38. The van der Waals surface area contributed by atoms with Gasteiger partial charge in [-0.05, 0) is 37.0 Å². The second-order valence-electron chi connectivity index (χ2n) is 5.95. The van der Waals surface area contributed by atoms with Crippen LogP contribution in [0.15, 0.2) is 23.1 Å². The number of halogens is 2. The lowest BCUT2D eigenvalue weighted by Crippen LogP contribution is -2.50. The molecular formula is C15H20Cl2N2O3S. The molecule has 1 N–H and O–H groups in total. The molecule has 1 amide bonds. The van der Waals surface area contributed by atoms with Crippen molar-refractivity contribution >= 4 is 39.1 Å². The molecule has 0 aliphatic carbocycles. The van der Waals surface area contributed by atoms with Gasteiger partial charge in [-0.1, -0.05) is 37.0 Å². The van der Waals surface area contributed by atoms with Gasteiger partial charge < -0.3 is 4.90 Å². The van der Waals surface area contributed by atoms with Crippen LogP contribution in [0.1, 0.15) is 26.7 Å². The molecule has 1 heterocycles. The molecule has 1 saturated heterocycles. The van der Waals surface area contributed by atoms with Crippen LogP contribution in [-0.2, 0) is 14.8 Å². The van der Waals surface area contributed by atoms with Gasteiger partial charge in [0.15, 0.2) is 0 Å². The van der Waals surface area contributed by atoms with Gasteiger partial charge in [0.1, 0.15) is 6.04 Å². The predicted molar refractivity (Wildman–Crippen MR) is 91.2 cm³/mol. The number of carbonyl (C=O) groups is 1. The van der Waals surface area contributed by atoms with E-state index in [0.29, 0.717) is 13.1 Å². The van der Waals surface area contributed by atoms with Gasteiger partial charge in [0.2, 0.25) is 15.9 Å². The fourth-order valence-corrected chi connectivity index (χ4v) is 4.21. The van der Waals surface area contributed by atoms with E-state index in [4.69, 9.17) is 23.2 Å². The van der Waals surface area contributed by atoms with Crippen LogP contribution in [0.25, 0.3) is 0 Å². The standard InChI is InChI=1S/C15H20Cl2N2O3S/c1-10(2)14(15(20)19-7-3-4-8-19)18-23(21,22)11-5-6-12(16)13(17)9-11/h5-6,9-10,14,18H,3-4,7-8H2,1-2H3/t14-/m0/s1. The van der Waals surface area contributed by atoms with Crippen LogP contribution in [0.3, 0.4) is 0 Å². The maximum atomic E-state index is 12.6. The monoisotopic (exact) mass is 378 g/mol. The first kappa shape index (κ1) is 18.5. The average molecular weight is 379 g/mol. The molecule has 0 bridgehead atoms. The topological polar surface area (TPSA) is 66.5 Å². The summed E-state index contributed by atoms with van der Waals surface area (Å²) in [6.45, 7) is 4.99. The highest BCUT2D eigenvalue weighted by atomic mass is 35.5. The van der Waals surface area contributed by atoms with Crippen molar-refractivity contribution in [2.45, 2.75) is 37.6 Å². The van der Waals surface area contributed by atoms with Gasteiger partial charge in [-0.25, -0.2) is 8.42 Å². The number of rotatable bonds is 5. The van der Waals surface area contributed by atoms with Crippen LogP contribution in [-0.4, -0.2) is 38.4 Å². The van der Waals surface area contributed by atoms with E-state index in [9.17, 15) is 13.2 Å². The minimum absolute atomic E-state index is 0.00762. The fourth-order valence-electron chi connectivity index (χ4n) is 2.49. The van der Waals surface area contributed by atoms with Gasteiger partial charge in [0, 0.05) is 13.1 Å². The normalized spacial score (nSPS) is 16.8. The van der Waals surface area contributed by atoms with Gasteiger partial charge in [0.25, 0.3) is 0 Å². The van der Waals surface area contributed by atoms with E-state index < -0.39 is 16.1 Å². The van der Waals surface area contributed by atoms with Gasteiger partial charge in [-0.15, -0.1) is 0 Å². The maximum absolute atomic E-state index is 12.6. The van der Waals surface area contributed by atoms with Crippen molar-refractivity contribution in [3.8, 4) is 0 Å². The summed E-state index contributed by atoms with van der Waals surface area (Å²) in [4.78, 5) is 14.3. The summed E-state index contributed by atoms with van der Waals surface area (Å²) in [6.07, 6.45) is 1.91. The summed E-state index contributed by atoms with van der Waals surface area (Å²) in [5.74, 6) is -0.346. The van der Waals surface area contributed by atoms with Crippen molar-refractivity contribution in [2.24, 2.45) is 5.92 Å². The number of carbonyl (C=O) groups excluding carboxylic acids is 1. The summed E-state index contributed by atoms with van der Waals surface area (Å²) in [5, 5.41) is 0.431. The zero-order chi connectivity index (χ0) is 17.2. The zero-order valence-electron chi connectivity index (χ0n) is 13.1. The molecule has 23 heavy (non-hydrogen) atoms. The lowest BCUT2D eigenvalue weighted by atomic mass is 10.0. The lowest BCUT2D eigenvalue weighted by Gasteiger charge is -2.26. The summed E-state index contributed by atoms with van der Waals surface area (Å²) in [6, 6.07) is 3.27. The Kier molecular flexibility index (Phi) is 5.94. The Morgan fingerprint density at radius 3 is 2.30 bits per heavy atom. The van der Waals surface area contributed by atoms with E-state index in [1.54, 1.807) is 4.90 Å². The first-order chi connectivity index (χ1) is 10.7. The number of benzene rings is 1. The van der Waals surface area contributed by atoms with E-state index in [-0.39, 0.29) is 26.8 Å². The molecule has 1 aliphatic rings. The Morgan fingerprint density at radius 1 is 1.17 bits per heavy atom. The highest BCUT2D eigenvalue weighted by Gasteiger charge is 2.32. The Morgan fingerprint density at radius 2 is 1.78 bits per heavy atom. The number of hydrogen-bond donors (Lipinski definition) is 1. The van der Waals surface area contributed by atoms with E-state index in [1.165, 1.54) is 18.2 Å². The van der Waals surface area contributed by atoms with Crippen LogP contribution < -0.4 is 4.72 Å². The smallest absolute Gasteiger partial charge is 0.241 e. The van der Waals surface area contributed by atoms with Gasteiger partial charge >= 0.3 is 0 Å². The first-order valence-electron chi connectivity index (χ1n) is 7.48. The molecule has 0 aromatic heterocycles. The minimum Gasteiger partial charge on any atom is -0.341 e. The molecule has 1 atom stereocenters. The molecule has 1 fully saturated rings. The van der Waals surface area contributed by atoms with Crippen molar-refractivity contribution in [1.82, 2.24) is 9.62 Å². The fraction of sp³-hybridized carbons (Fsp3) is 0.533. The van der Waals surface area contributed by atoms with Crippen LogP contribution in [0, 0.1) is 5.92 Å². The van der Waals surface area contributed by atoms with Gasteiger partial charge in [-0.2, -0.15) is 4.72 Å². The largest absolute Gasteiger partial charge is 0.341 e. The van der Waals surface area contributed by atoms with E-state index in [0.717, 1.165) is 12.8 Å². The quantitative estimate of drug-likeness (QED) is 0.856. The van der Waals surface area contributed by atoms with Gasteiger partial charge in [-0.3, -0.25) is 4.79 Å². The number of amides is 1. The molecule has 1 aromatic carbocycles. The minimum atomic E-state index is -3.86. The van der Waals surface area contributed by atoms with Gasteiger partial charge in [0.05, 0.1) is 14.9 Å². The highest BCUT2D eigenvalue weighted by Crippen LogP contribution is 2.25. The second-order valence-corrected chi connectivity index (χ2v) is 8.48. The molecule has 1 aromatic rings. The molecule has 0 radical (unpaired) electrons. The summed E-state index contributed by atoms with van der Waals surface area (Å²) < 4.78 is 27.6. The summed E-state index contributed by atoms with van der Waals surface area (Å²) >= 11 is 11.7. The number of hydrogen-bond acceptors (Lipinski definition) is 3.